The van der Waals surface area contributed by atoms with Crippen LogP contribution in [0.4, 0.5) is 0 Å². The van der Waals surface area contributed by atoms with E-state index in [0.717, 1.165) is 17.5 Å². The van der Waals surface area contributed by atoms with E-state index in [1.54, 1.807) is 0 Å². The second-order valence-electron chi connectivity index (χ2n) is 4.62. The highest BCUT2D eigenvalue weighted by Gasteiger charge is 2.21. The maximum atomic E-state index is 4.67. The van der Waals surface area contributed by atoms with E-state index in [9.17, 15) is 0 Å². The Morgan fingerprint density at radius 3 is 2.94 bits per heavy atom. The lowest BCUT2D eigenvalue weighted by Crippen LogP contribution is -2.20. The molecule has 18 heavy (non-hydrogen) atoms. The Labute approximate surface area is 118 Å². The zero-order valence-corrected chi connectivity index (χ0v) is 12.6. The second kappa shape index (κ2) is 7.10. The van der Waals surface area contributed by atoms with Gasteiger partial charge in [0.2, 0.25) is 0 Å². The van der Waals surface area contributed by atoms with Gasteiger partial charge in [-0.1, -0.05) is 49.0 Å². The van der Waals surface area contributed by atoms with Crippen LogP contribution in [0.15, 0.2) is 35.3 Å². The number of rotatable bonds is 5. The number of benzene rings is 1. The molecule has 1 saturated heterocycles. The van der Waals surface area contributed by atoms with Crippen LogP contribution in [-0.4, -0.2) is 29.5 Å². The topological polar surface area (TPSA) is 24.4 Å². The van der Waals surface area contributed by atoms with Gasteiger partial charge in [0.25, 0.3) is 0 Å². The summed E-state index contributed by atoms with van der Waals surface area (Å²) in [7, 11) is 0. The standard InChI is InChI=1S/C14H20N2S2/c1-11(9-17-2)8-15-14-16-13(10-18-14)12-6-4-3-5-7-12/h3-7,11,13H,8-10H2,1-2H3,(H,15,16). The molecule has 1 N–H and O–H groups in total. The van der Waals surface area contributed by atoms with Crippen LogP contribution >= 0.6 is 23.5 Å². The number of nitrogens with one attached hydrogen (secondary N) is 1. The normalized spacial score (nSPS) is 23.0. The van der Waals surface area contributed by atoms with E-state index >= 15 is 0 Å². The van der Waals surface area contributed by atoms with Gasteiger partial charge in [-0.15, -0.1) is 0 Å². The molecule has 1 aliphatic heterocycles. The van der Waals surface area contributed by atoms with Gasteiger partial charge in [0, 0.05) is 12.3 Å². The third kappa shape index (κ3) is 3.95. The lowest BCUT2D eigenvalue weighted by molar-refractivity contribution is 0.672. The van der Waals surface area contributed by atoms with Crippen molar-refractivity contribution in [1.29, 1.82) is 0 Å². The Bertz CT molecular complexity index is 392. The van der Waals surface area contributed by atoms with Crippen molar-refractivity contribution in [3.05, 3.63) is 35.9 Å². The zero-order chi connectivity index (χ0) is 12.8. The van der Waals surface area contributed by atoms with Gasteiger partial charge in [0.15, 0.2) is 5.17 Å². The van der Waals surface area contributed by atoms with Crippen molar-refractivity contribution in [2.24, 2.45) is 10.9 Å². The summed E-state index contributed by atoms with van der Waals surface area (Å²) in [6, 6.07) is 11.0. The van der Waals surface area contributed by atoms with Gasteiger partial charge in [0.1, 0.15) is 0 Å². The molecule has 0 bridgehead atoms. The first-order chi connectivity index (χ1) is 8.79. The van der Waals surface area contributed by atoms with E-state index in [1.807, 2.05) is 23.5 Å². The molecular formula is C14H20N2S2. The van der Waals surface area contributed by atoms with Crippen molar-refractivity contribution in [2.45, 2.75) is 13.0 Å². The van der Waals surface area contributed by atoms with Crippen LogP contribution in [-0.2, 0) is 0 Å². The molecule has 1 aliphatic rings. The first-order valence-electron chi connectivity index (χ1n) is 6.27. The number of nitrogens with zero attached hydrogens (tertiary/aromatic N) is 1. The molecule has 1 aromatic rings. The highest BCUT2D eigenvalue weighted by atomic mass is 32.2. The Balaban J connectivity index is 1.87. The molecule has 2 rings (SSSR count). The average molecular weight is 280 g/mol. The van der Waals surface area contributed by atoms with Gasteiger partial charge in [0.05, 0.1) is 6.04 Å². The van der Waals surface area contributed by atoms with Crippen LogP contribution in [0.5, 0.6) is 0 Å². The lowest BCUT2D eigenvalue weighted by Gasteiger charge is -2.10. The highest BCUT2D eigenvalue weighted by molar-refractivity contribution is 8.14. The third-order valence-electron chi connectivity index (χ3n) is 2.88. The summed E-state index contributed by atoms with van der Waals surface area (Å²) in [5, 5.41) is 4.62. The van der Waals surface area contributed by atoms with E-state index in [1.165, 1.54) is 11.3 Å². The Morgan fingerprint density at radius 1 is 1.44 bits per heavy atom. The summed E-state index contributed by atoms with van der Waals surface area (Å²) >= 11 is 3.73. The molecular weight excluding hydrogens is 260 g/mol. The lowest BCUT2D eigenvalue weighted by atomic mass is 10.1. The number of hydrogen-bond acceptors (Lipinski definition) is 3. The van der Waals surface area contributed by atoms with Gasteiger partial charge >= 0.3 is 0 Å². The van der Waals surface area contributed by atoms with Gasteiger partial charge in [-0.3, -0.25) is 4.99 Å². The fourth-order valence-electron chi connectivity index (χ4n) is 1.93. The molecule has 1 aromatic carbocycles. The van der Waals surface area contributed by atoms with Crippen LogP contribution in [0.2, 0.25) is 0 Å². The summed E-state index contributed by atoms with van der Waals surface area (Å²) in [5.41, 5.74) is 1.35. The van der Waals surface area contributed by atoms with E-state index in [4.69, 9.17) is 0 Å². The van der Waals surface area contributed by atoms with E-state index in [-0.39, 0.29) is 0 Å². The number of thioether (sulfide) groups is 2. The zero-order valence-electron chi connectivity index (χ0n) is 10.9. The van der Waals surface area contributed by atoms with Crippen molar-refractivity contribution >= 4 is 28.7 Å². The van der Waals surface area contributed by atoms with E-state index in [0.29, 0.717) is 12.0 Å². The van der Waals surface area contributed by atoms with Crippen molar-refractivity contribution < 1.29 is 0 Å². The Kier molecular flexibility index (Phi) is 5.45. The maximum absolute atomic E-state index is 4.67. The number of aliphatic imine (C=N–C) groups is 1. The summed E-state index contributed by atoms with van der Waals surface area (Å²) in [4.78, 5) is 4.67. The molecule has 1 heterocycles. The van der Waals surface area contributed by atoms with Crippen LogP contribution in [0.1, 0.15) is 18.5 Å². The fourth-order valence-corrected chi connectivity index (χ4v) is 3.59. The quantitative estimate of drug-likeness (QED) is 0.894. The molecule has 98 valence electrons. The molecule has 1 fully saturated rings. The van der Waals surface area contributed by atoms with Gasteiger partial charge in [-0.25, -0.2) is 0 Å². The van der Waals surface area contributed by atoms with Crippen LogP contribution < -0.4 is 5.32 Å². The average Bonchev–Trinajstić information content (AvgIpc) is 2.87. The Hall–Kier alpha value is -0.610. The molecule has 2 unspecified atom stereocenters. The van der Waals surface area contributed by atoms with Crippen LogP contribution in [0.3, 0.4) is 0 Å². The minimum Gasteiger partial charge on any atom is -0.357 e. The van der Waals surface area contributed by atoms with Crippen molar-refractivity contribution in [1.82, 2.24) is 5.32 Å². The predicted molar refractivity (Wildman–Crippen MR) is 84.6 cm³/mol. The van der Waals surface area contributed by atoms with Crippen molar-refractivity contribution in [3.8, 4) is 0 Å². The smallest absolute Gasteiger partial charge is 0.157 e. The van der Waals surface area contributed by atoms with E-state index < -0.39 is 0 Å². The second-order valence-corrected chi connectivity index (χ2v) is 6.54. The van der Waals surface area contributed by atoms with Crippen molar-refractivity contribution in [3.63, 3.8) is 0 Å². The highest BCUT2D eigenvalue weighted by Crippen LogP contribution is 2.25. The molecule has 0 saturated carbocycles. The molecule has 0 amide bonds. The maximum Gasteiger partial charge on any atom is 0.157 e. The SMILES string of the molecule is CSCC(C)CN=C1NC(c2ccccc2)CS1. The molecule has 4 heteroatoms. The first kappa shape index (κ1) is 13.8. The van der Waals surface area contributed by atoms with Crippen LogP contribution in [0, 0.1) is 5.92 Å². The largest absolute Gasteiger partial charge is 0.357 e. The molecule has 0 aromatic heterocycles. The third-order valence-corrected chi connectivity index (χ3v) is 4.81. The van der Waals surface area contributed by atoms with Crippen molar-refractivity contribution in [2.75, 3.05) is 24.3 Å². The Morgan fingerprint density at radius 2 is 2.22 bits per heavy atom. The van der Waals surface area contributed by atoms with E-state index in [2.05, 4.69) is 53.8 Å². The minimum atomic E-state index is 0.422. The molecule has 0 spiro atoms. The first-order valence-corrected chi connectivity index (χ1v) is 8.65. The van der Waals surface area contributed by atoms with Gasteiger partial charge in [-0.05, 0) is 23.5 Å². The minimum absolute atomic E-state index is 0.422. The number of hydrogen-bond donors (Lipinski definition) is 1. The van der Waals surface area contributed by atoms with Gasteiger partial charge in [-0.2, -0.15) is 11.8 Å². The monoisotopic (exact) mass is 280 g/mol. The summed E-state index contributed by atoms with van der Waals surface area (Å²) < 4.78 is 0. The summed E-state index contributed by atoms with van der Waals surface area (Å²) in [5.74, 6) is 2.93. The molecule has 2 nitrogen and oxygen atoms in total. The number of amidine groups is 1. The molecule has 0 aliphatic carbocycles. The molecule has 0 radical (unpaired) electrons. The summed E-state index contributed by atoms with van der Waals surface area (Å²) in [6.07, 6.45) is 2.15. The van der Waals surface area contributed by atoms with Gasteiger partial charge < -0.3 is 5.32 Å². The fraction of sp³-hybridized carbons (Fsp3) is 0.500. The predicted octanol–water partition coefficient (Wildman–Crippen LogP) is 3.42. The molecule has 2 atom stereocenters. The summed E-state index contributed by atoms with van der Waals surface area (Å²) in [6.45, 7) is 3.19. The van der Waals surface area contributed by atoms with Crippen LogP contribution in [0.25, 0.3) is 0 Å².